The summed E-state index contributed by atoms with van der Waals surface area (Å²) in [7, 11) is 1.63. The topological polar surface area (TPSA) is 41.9 Å². The van der Waals surface area contributed by atoms with Crippen molar-refractivity contribution in [1.82, 2.24) is 4.90 Å². The minimum Gasteiger partial charge on any atom is -0.496 e. The van der Waals surface area contributed by atoms with E-state index in [1.54, 1.807) is 12.0 Å². The lowest BCUT2D eigenvalue weighted by Crippen LogP contribution is -2.31. The van der Waals surface area contributed by atoms with Crippen LogP contribution in [0.25, 0.3) is 6.08 Å². The van der Waals surface area contributed by atoms with Gasteiger partial charge in [-0.1, -0.05) is 54.6 Å². The number of halogens is 1. The second kappa shape index (κ2) is 9.98. The van der Waals surface area contributed by atoms with Gasteiger partial charge in [-0.15, -0.1) is 0 Å². The fourth-order valence-electron chi connectivity index (χ4n) is 3.21. The van der Waals surface area contributed by atoms with E-state index >= 15 is 0 Å². The number of nitrogens with zero attached hydrogens (tertiary/aromatic N) is 2. The summed E-state index contributed by atoms with van der Waals surface area (Å²) in [5, 5.41) is 0.700. The van der Waals surface area contributed by atoms with Gasteiger partial charge in [0.25, 0.3) is 5.91 Å². The van der Waals surface area contributed by atoms with Crippen molar-refractivity contribution in [1.29, 1.82) is 0 Å². The highest BCUT2D eigenvalue weighted by molar-refractivity contribution is 9.10. The summed E-state index contributed by atoms with van der Waals surface area (Å²) >= 11 is 4.92. The van der Waals surface area contributed by atoms with Crippen LogP contribution in [-0.2, 0) is 11.2 Å². The Kier molecular flexibility index (Phi) is 6.89. The maximum Gasteiger partial charge on any atom is 0.266 e. The van der Waals surface area contributed by atoms with E-state index in [-0.39, 0.29) is 5.91 Å². The molecule has 0 aromatic heterocycles. The Balaban J connectivity index is 1.63. The normalized spacial score (nSPS) is 16.3. The van der Waals surface area contributed by atoms with Crippen molar-refractivity contribution >= 4 is 50.5 Å². The zero-order valence-electron chi connectivity index (χ0n) is 17.0. The van der Waals surface area contributed by atoms with Gasteiger partial charge in [0.05, 0.1) is 22.2 Å². The molecule has 0 N–H and O–H groups in total. The molecular formula is C25H21BrN2O2S. The Bertz CT molecular complexity index is 1130. The Labute approximate surface area is 194 Å². The van der Waals surface area contributed by atoms with Crippen LogP contribution in [0.1, 0.15) is 11.1 Å². The fraction of sp³-hybridized carbons (Fsp3) is 0.120. The van der Waals surface area contributed by atoms with E-state index in [0.717, 1.165) is 27.9 Å². The van der Waals surface area contributed by atoms with Crippen molar-refractivity contribution < 1.29 is 9.53 Å². The zero-order chi connectivity index (χ0) is 21.6. The maximum atomic E-state index is 13.3. The molecule has 1 heterocycles. The Hall–Kier alpha value is -2.83. The van der Waals surface area contributed by atoms with Gasteiger partial charge in [0, 0.05) is 6.54 Å². The van der Waals surface area contributed by atoms with E-state index in [2.05, 4.69) is 28.1 Å². The number of para-hydroxylation sites is 1. The monoisotopic (exact) mass is 492 g/mol. The summed E-state index contributed by atoms with van der Waals surface area (Å²) in [5.41, 5.74) is 2.94. The van der Waals surface area contributed by atoms with Gasteiger partial charge in [-0.25, -0.2) is 4.99 Å². The smallest absolute Gasteiger partial charge is 0.266 e. The SMILES string of the molecule is COc1ccc(/C=C2/SC(=Nc3ccccc3)N(CCc3ccccc3)C2=O)cc1Br. The van der Waals surface area contributed by atoms with Gasteiger partial charge in [0.15, 0.2) is 5.17 Å². The number of benzene rings is 3. The summed E-state index contributed by atoms with van der Waals surface area (Å²) in [4.78, 5) is 20.4. The molecule has 156 valence electrons. The predicted octanol–water partition coefficient (Wildman–Crippen LogP) is 6.30. The van der Waals surface area contributed by atoms with E-state index in [4.69, 9.17) is 9.73 Å². The molecule has 0 spiro atoms. The van der Waals surface area contributed by atoms with Gasteiger partial charge in [0.1, 0.15) is 5.75 Å². The number of carbonyl (C=O) groups excluding carboxylic acids is 1. The molecule has 0 atom stereocenters. The third-order valence-corrected chi connectivity index (χ3v) is 6.44. The lowest BCUT2D eigenvalue weighted by Gasteiger charge is -2.15. The van der Waals surface area contributed by atoms with Crippen LogP contribution in [0.3, 0.4) is 0 Å². The predicted molar refractivity (Wildman–Crippen MR) is 132 cm³/mol. The average Bonchev–Trinajstić information content (AvgIpc) is 3.07. The molecule has 0 saturated carbocycles. The molecule has 1 fully saturated rings. The minimum absolute atomic E-state index is 0.0254. The van der Waals surface area contributed by atoms with Gasteiger partial charge in [-0.05, 0) is 75.6 Å². The molecule has 6 heteroatoms. The molecule has 3 aromatic rings. The standard InChI is InChI=1S/C25H21BrN2O2S/c1-30-22-13-12-19(16-21(22)26)17-23-24(29)28(15-14-18-8-4-2-5-9-18)25(31-23)27-20-10-6-3-7-11-20/h2-13,16-17H,14-15H2,1H3/b23-17+,27-25?. The number of amidine groups is 1. The van der Waals surface area contributed by atoms with Crippen LogP contribution in [0.4, 0.5) is 5.69 Å². The summed E-state index contributed by atoms with van der Waals surface area (Å²) in [6.45, 7) is 0.575. The molecule has 1 aliphatic heterocycles. The van der Waals surface area contributed by atoms with Crippen molar-refractivity contribution in [3.8, 4) is 5.75 Å². The first kappa shape index (κ1) is 21.4. The summed E-state index contributed by atoms with van der Waals surface area (Å²) < 4.78 is 6.14. The first-order valence-corrected chi connectivity index (χ1v) is 11.5. The first-order valence-electron chi connectivity index (χ1n) is 9.86. The summed E-state index contributed by atoms with van der Waals surface area (Å²) in [5.74, 6) is 0.728. The second-order valence-electron chi connectivity index (χ2n) is 6.93. The first-order chi connectivity index (χ1) is 15.1. The molecule has 0 unspecified atom stereocenters. The largest absolute Gasteiger partial charge is 0.496 e. The molecule has 4 rings (SSSR count). The fourth-order valence-corrected chi connectivity index (χ4v) is 4.79. The summed E-state index contributed by atoms with van der Waals surface area (Å²) in [6, 6.07) is 25.7. The number of amides is 1. The molecule has 4 nitrogen and oxygen atoms in total. The number of carbonyl (C=O) groups is 1. The van der Waals surface area contributed by atoms with Crippen molar-refractivity contribution in [2.24, 2.45) is 4.99 Å². The number of hydrogen-bond acceptors (Lipinski definition) is 4. The van der Waals surface area contributed by atoms with Crippen LogP contribution in [0.15, 0.2) is 93.2 Å². The molecular weight excluding hydrogens is 472 g/mol. The van der Waals surface area contributed by atoms with Crippen molar-refractivity contribution in [2.75, 3.05) is 13.7 Å². The van der Waals surface area contributed by atoms with Gasteiger partial charge in [-0.2, -0.15) is 0 Å². The third-order valence-electron chi connectivity index (χ3n) is 4.81. The number of ether oxygens (including phenoxy) is 1. The maximum absolute atomic E-state index is 13.3. The number of rotatable bonds is 6. The average molecular weight is 493 g/mol. The number of hydrogen-bond donors (Lipinski definition) is 0. The molecule has 0 radical (unpaired) electrons. The van der Waals surface area contributed by atoms with Crippen LogP contribution in [-0.4, -0.2) is 29.6 Å². The summed E-state index contributed by atoms with van der Waals surface area (Å²) in [6.07, 6.45) is 2.67. The molecule has 0 bridgehead atoms. The lowest BCUT2D eigenvalue weighted by molar-refractivity contribution is -0.122. The Morgan fingerprint density at radius 2 is 1.74 bits per heavy atom. The highest BCUT2D eigenvalue weighted by Gasteiger charge is 2.33. The minimum atomic E-state index is -0.0254. The van der Waals surface area contributed by atoms with Gasteiger partial charge in [0.2, 0.25) is 0 Å². The van der Waals surface area contributed by atoms with Crippen molar-refractivity contribution in [3.63, 3.8) is 0 Å². The molecule has 3 aromatic carbocycles. The molecule has 1 saturated heterocycles. The van der Waals surface area contributed by atoms with Crippen LogP contribution < -0.4 is 4.74 Å². The number of thioether (sulfide) groups is 1. The molecule has 0 aliphatic carbocycles. The van der Waals surface area contributed by atoms with Gasteiger partial charge >= 0.3 is 0 Å². The third kappa shape index (κ3) is 5.27. The van der Waals surface area contributed by atoms with Crippen molar-refractivity contribution in [3.05, 3.63) is 99.4 Å². The molecule has 1 aliphatic rings. The Morgan fingerprint density at radius 3 is 2.42 bits per heavy atom. The second-order valence-corrected chi connectivity index (χ2v) is 8.79. The highest BCUT2D eigenvalue weighted by Crippen LogP contribution is 2.35. The molecule has 31 heavy (non-hydrogen) atoms. The highest BCUT2D eigenvalue weighted by atomic mass is 79.9. The van der Waals surface area contributed by atoms with E-state index in [9.17, 15) is 4.79 Å². The quantitative estimate of drug-likeness (QED) is 0.379. The Morgan fingerprint density at radius 1 is 1.03 bits per heavy atom. The van der Waals surface area contributed by atoms with Crippen molar-refractivity contribution in [2.45, 2.75) is 6.42 Å². The lowest BCUT2D eigenvalue weighted by atomic mass is 10.1. The van der Waals surface area contributed by atoms with E-state index in [1.165, 1.54) is 17.3 Å². The van der Waals surface area contributed by atoms with E-state index in [0.29, 0.717) is 16.6 Å². The van der Waals surface area contributed by atoms with E-state index in [1.807, 2.05) is 72.8 Å². The molecule has 1 amide bonds. The zero-order valence-corrected chi connectivity index (χ0v) is 19.4. The van der Waals surface area contributed by atoms with Gasteiger partial charge in [-0.3, -0.25) is 9.69 Å². The van der Waals surface area contributed by atoms with Crippen LogP contribution in [0.5, 0.6) is 5.75 Å². The number of methoxy groups -OCH3 is 1. The van der Waals surface area contributed by atoms with Gasteiger partial charge < -0.3 is 4.74 Å². The number of aliphatic imine (C=N–C) groups is 1. The van der Waals surface area contributed by atoms with Crippen LogP contribution >= 0.6 is 27.7 Å². The van der Waals surface area contributed by atoms with Crippen LogP contribution in [0, 0.1) is 0 Å². The van der Waals surface area contributed by atoms with Crippen LogP contribution in [0.2, 0.25) is 0 Å². The van der Waals surface area contributed by atoms with E-state index < -0.39 is 0 Å².